The number of methoxy groups -OCH3 is 1. The first-order valence-corrected chi connectivity index (χ1v) is 14.1. The van der Waals surface area contributed by atoms with Crippen LogP contribution in [0.3, 0.4) is 0 Å². The summed E-state index contributed by atoms with van der Waals surface area (Å²) in [5.41, 5.74) is 0.366. The molecule has 15 heteroatoms. The van der Waals surface area contributed by atoms with Gasteiger partial charge < -0.3 is 45.0 Å². The van der Waals surface area contributed by atoms with E-state index in [2.05, 4.69) is 26.6 Å². The van der Waals surface area contributed by atoms with Gasteiger partial charge in [0.1, 0.15) is 38.1 Å². The van der Waals surface area contributed by atoms with Crippen LogP contribution in [0.5, 0.6) is 0 Å². The molecule has 3 atom stereocenters. The highest BCUT2D eigenvalue weighted by Gasteiger charge is 2.35. The molecule has 15 nitrogen and oxygen atoms in total. The highest BCUT2D eigenvalue weighted by atomic mass is 16.5. The molecule has 0 saturated carbocycles. The smallest absolute Gasteiger partial charge is 0.249 e. The van der Waals surface area contributed by atoms with Gasteiger partial charge >= 0.3 is 0 Å². The molecule has 238 valence electrons. The fourth-order valence-electron chi connectivity index (χ4n) is 4.05. The van der Waals surface area contributed by atoms with Crippen molar-refractivity contribution < 1.29 is 47.7 Å². The van der Waals surface area contributed by atoms with Crippen molar-refractivity contribution in [1.82, 2.24) is 26.6 Å². The van der Waals surface area contributed by atoms with Crippen molar-refractivity contribution in [3.8, 4) is 0 Å². The summed E-state index contributed by atoms with van der Waals surface area (Å²) in [6, 6.07) is -0.880. The van der Waals surface area contributed by atoms with E-state index in [-0.39, 0.29) is 37.8 Å². The van der Waals surface area contributed by atoms with Gasteiger partial charge in [-0.15, -0.1) is 0 Å². The highest BCUT2D eigenvalue weighted by molar-refractivity contribution is 6.02. The van der Waals surface area contributed by atoms with Gasteiger partial charge in [-0.25, -0.2) is 0 Å². The van der Waals surface area contributed by atoms with Crippen molar-refractivity contribution in [1.29, 1.82) is 0 Å². The largest absolute Gasteiger partial charge is 0.498 e. The summed E-state index contributed by atoms with van der Waals surface area (Å²) in [5, 5.41) is 13.1. The summed E-state index contributed by atoms with van der Waals surface area (Å²) in [5.74, 6) is -3.77. The molecule has 0 spiro atoms. The lowest BCUT2D eigenvalue weighted by Crippen LogP contribution is -2.54. The summed E-state index contributed by atoms with van der Waals surface area (Å²) in [7, 11) is 1.46. The lowest BCUT2D eigenvalue weighted by molar-refractivity contribution is -0.138. The number of piperidine rings is 1. The minimum absolute atomic E-state index is 0.0391. The molecule has 5 N–H and O–H groups in total. The number of carbonyl (C=O) groups is 6. The SMILES string of the molecule is COCC(=O)NCCCOCCO/C=C/OCCCNC(=O)CNC1=CC=CC(C=O)C1C(=O)NC1CCC(=O)NC1=O. The molecule has 43 heavy (non-hydrogen) atoms. The van der Waals surface area contributed by atoms with Gasteiger partial charge in [-0.3, -0.25) is 29.3 Å². The van der Waals surface area contributed by atoms with Crippen LogP contribution in [0.4, 0.5) is 0 Å². The predicted octanol–water partition coefficient (Wildman–Crippen LogP) is -1.44. The molecule has 1 aliphatic carbocycles. The number of nitrogens with one attached hydrogen (secondary N) is 5. The van der Waals surface area contributed by atoms with E-state index in [0.29, 0.717) is 64.3 Å². The maximum Gasteiger partial charge on any atom is 0.249 e. The number of rotatable bonds is 21. The third-order valence-electron chi connectivity index (χ3n) is 6.20. The third-order valence-corrected chi connectivity index (χ3v) is 6.20. The van der Waals surface area contributed by atoms with Gasteiger partial charge in [-0.2, -0.15) is 0 Å². The fraction of sp³-hybridized carbons (Fsp3) is 0.571. The van der Waals surface area contributed by atoms with Crippen molar-refractivity contribution in [2.45, 2.75) is 31.7 Å². The molecule has 1 heterocycles. The second-order valence-electron chi connectivity index (χ2n) is 9.53. The van der Waals surface area contributed by atoms with Crippen LogP contribution >= 0.6 is 0 Å². The Balaban J connectivity index is 1.55. The van der Waals surface area contributed by atoms with Crippen molar-refractivity contribution >= 4 is 35.8 Å². The molecular formula is C28H41N5O10. The Morgan fingerprint density at radius 3 is 2.44 bits per heavy atom. The van der Waals surface area contributed by atoms with Crippen LogP contribution in [0.1, 0.15) is 25.7 Å². The molecule has 5 amide bonds. The molecule has 3 unspecified atom stereocenters. The average Bonchev–Trinajstić information content (AvgIpc) is 2.99. The first kappa shape index (κ1) is 35.0. The van der Waals surface area contributed by atoms with E-state index < -0.39 is 35.6 Å². The third kappa shape index (κ3) is 14.0. The van der Waals surface area contributed by atoms with E-state index in [0.717, 1.165) is 0 Å². The van der Waals surface area contributed by atoms with Crippen LogP contribution < -0.4 is 26.6 Å². The molecule has 0 radical (unpaired) electrons. The van der Waals surface area contributed by atoms with Crippen LogP contribution in [0, 0.1) is 11.8 Å². The summed E-state index contributed by atoms with van der Waals surface area (Å²) < 4.78 is 20.7. The summed E-state index contributed by atoms with van der Waals surface area (Å²) in [4.78, 5) is 71.5. The van der Waals surface area contributed by atoms with Gasteiger partial charge in [-0.1, -0.05) is 12.2 Å². The van der Waals surface area contributed by atoms with Crippen LogP contribution in [0.25, 0.3) is 0 Å². The molecule has 1 aliphatic heterocycles. The lowest BCUT2D eigenvalue weighted by Gasteiger charge is -2.29. The molecule has 0 aromatic carbocycles. The van der Waals surface area contributed by atoms with E-state index in [1.54, 1.807) is 18.2 Å². The average molecular weight is 608 g/mol. The fourth-order valence-corrected chi connectivity index (χ4v) is 4.05. The Kier molecular flexibility index (Phi) is 16.8. The maximum atomic E-state index is 13.0. The van der Waals surface area contributed by atoms with Gasteiger partial charge in [0.25, 0.3) is 0 Å². The van der Waals surface area contributed by atoms with E-state index >= 15 is 0 Å². The van der Waals surface area contributed by atoms with Gasteiger partial charge in [0.15, 0.2) is 0 Å². The zero-order valence-corrected chi connectivity index (χ0v) is 24.3. The normalized spacial score (nSPS) is 19.7. The number of imide groups is 1. The van der Waals surface area contributed by atoms with Crippen LogP contribution in [-0.4, -0.2) is 102 Å². The van der Waals surface area contributed by atoms with E-state index in [9.17, 15) is 28.8 Å². The minimum Gasteiger partial charge on any atom is -0.498 e. The quantitative estimate of drug-likeness (QED) is 0.0443. The molecular weight excluding hydrogens is 566 g/mol. The number of hydrogen-bond acceptors (Lipinski definition) is 11. The molecule has 0 aromatic heterocycles. The Morgan fingerprint density at radius 2 is 1.72 bits per heavy atom. The number of hydrogen-bond donors (Lipinski definition) is 5. The van der Waals surface area contributed by atoms with Gasteiger partial charge in [0.05, 0.1) is 31.6 Å². The summed E-state index contributed by atoms with van der Waals surface area (Å²) in [6.07, 6.45) is 9.71. The Hall–Kier alpha value is -4.24. The minimum atomic E-state index is -0.949. The Bertz CT molecular complexity index is 1040. The predicted molar refractivity (Wildman–Crippen MR) is 152 cm³/mol. The number of amides is 5. The first-order chi connectivity index (χ1) is 20.8. The number of allylic oxidation sites excluding steroid dienone is 3. The lowest BCUT2D eigenvalue weighted by atomic mass is 9.85. The van der Waals surface area contributed by atoms with Crippen LogP contribution in [0.15, 0.2) is 36.4 Å². The number of carbonyl (C=O) groups excluding carboxylic acids is 6. The van der Waals surface area contributed by atoms with Crippen LogP contribution in [-0.2, 0) is 47.7 Å². The maximum absolute atomic E-state index is 13.0. The van der Waals surface area contributed by atoms with Gasteiger partial charge in [0, 0.05) is 38.9 Å². The molecule has 0 bridgehead atoms. The van der Waals surface area contributed by atoms with Crippen molar-refractivity contribution in [2.24, 2.45) is 11.8 Å². The zero-order valence-electron chi connectivity index (χ0n) is 24.3. The summed E-state index contributed by atoms with van der Waals surface area (Å²) >= 11 is 0. The number of aldehydes is 1. The monoisotopic (exact) mass is 607 g/mol. The van der Waals surface area contributed by atoms with E-state index in [1.165, 1.54) is 19.6 Å². The topological polar surface area (TPSA) is 199 Å². The molecule has 2 rings (SSSR count). The van der Waals surface area contributed by atoms with Crippen LogP contribution in [0.2, 0.25) is 0 Å². The molecule has 0 aromatic rings. The van der Waals surface area contributed by atoms with Crippen molar-refractivity contribution in [3.63, 3.8) is 0 Å². The zero-order chi connectivity index (χ0) is 31.3. The summed E-state index contributed by atoms with van der Waals surface area (Å²) in [6.45, 7) is 2.35. The number of ether oxygens (including phenoxy) is 4. The molecule has 2 aliphatic rings. The van der Waals surface area contributed by atoms with Crippen molar-refractivity contribution in [3.05, 3.63) is 36.4 Å². The van der Waals surface area contributed by atoms with E-state index in [4.69, 9.17) is 18.9 Å². The highest BCUT2D eigenvalue weighted by Crippen LogP contribution is 2.24. The second-order valence-corrected chi connectivity index (χ2v) is 9.53. The Labute approximate surface area is 250 Å². The molecule has 1 fully saturated rings. The standard InChI is InChI=1S/C28H41N5O10/c1-40-19-25(37)30-10-4-12-42-14-16-43-15-13-41-11-3-9-29-24(36)17-31-21-6-2-5-20(18-34)26(21)28(39)32-22-7-8-23(35)33-27(22)38/h2,5-6,13,15,18,20,22,26,31H,3-4,7-12,14,16-17,19H2,1H3,(H,29,36)(H,30,37)(H,32,39)(H,33,35,38)/b15-13+. The molecule has 1 saturated heterocycles. The van der Waals surface area contributed by atoms with Gasteiger partial charge in [-0.05, 0) is 25.3 Å². The Morgan fingerprint density at radius 1 is 1.00 bits per heavy atom. The van der Waals surface area contributed by atoms with Crippen molar-refractivity contribution in [2.75, 3.05) is 59.8 Å². The van der Waals surface area contributed by atoms with Gasteiger partial charge in [0.2, 0.25) is 29.5 Å². The second kappa shape index (κ2) is 20.6. The first-order valence-electron chi connectivity index (χ1n) is 14.1. The van der Waals surface area contributed by atoms with E-state index in [1.807, 2.05) is 0 Å².